The van der Waals surface area contributed by atoms with Crippen LogP contribution in [-0.2, 0) is 0 Å². The van der Waals surface area contributed by atoms with Gasteiger partial charge >= 0.3 is 0 Å². The summed E-state index contributed by atoms with van der Waals surface area (Å²) in [5.41, 5.74) is 10.1. The molecule has 0 aliphatic heterocycles. The maximum absolute atomic E-state index is 4.59. The summed E-state index contributed by atoms with van der Waals surface area (Å²) < 4.78 is 0. The average molecular weight is 523 g/mol. The molecule has 0 saturated heterocycles. The molecule has 0 atom stereocenters. The van der Waals surface area contributed by atoms with Gasteiger partial charge in [0.05, 0.1) is 23.4 Å². The van der Waals surface area contributed by atoms with E-state index in [4.69, 9.17) is 0 Å². The standard InChI is InChI=1S/C32H22N6S/c1-19-23(9-3-11-25(19)31-29-21(17-35-37-31)7-5-15-33-29)27-13-14-28(39-27)24-10-4-12-26(20(24)2)32-30-22(18-36-38-32)8-6-16-34-30/h3-18H,1-2H3. The van der Waals surface area contributed by atoms with Gasteiger partial charge in [0.1, 0.15) is 11.4 Å². The van der Waals surface area contributed by atoms with Crippen LogP contribution in [0.15, 0.2) is 97.6 Å². The SMILES string of the molecule is Cc1c(-c2ccc(-c3cccc(-c4nncc5cccnc45)c3C)s2)cccc1-c1nncc2cccnc12. The van der Waals surface area contributed by atoms with Gasteiger partial charge in [-0.1, -0.05) is 36.4 Å². The molecule has 7 heteroatoms. The lowest BCUT2D eigenvalue weighted by Gasteiger charge is -2.12. The van der Waals surface area contributed by atoms with Crippen molar-refractivity contribution in [2.75, 3.05) is 0 Å². The number of nitrogens with zero attached hydrogens (tertiary/aromatic N) is 6. The van der Waals surface area contributed by atoms with Crippen LogP contribution < -0.4 is 0 Å². The molecule has 6 nitrogen and oxygen atoms in total. The van der Waals surface area contributed by atoms with Crippen molar-refractivity contribution >= 4 is 33.1 Å². The monoisotopic (exact) mass is 522 g/mol. The first-order valence-electron chi connectivity index (χ1n) is 12.6. The van der Waals surface area contributed by atoms with Crippen LogP contribution in [-0.4, -0.2) is 30.4 Å². The average Bonchev–Trinajstić information content (AvgIpc) is 3.47. The minimum Gasteiger partial charge on any atom is -0.254 e. The molecule has 7 aromatic rings. The Balaban J connectivity index is 1.31. The van der Waals surface area contributed by atoms with Gasteiger partial charge in [-0.15, -0.1) is 21.5 Å². The van der Waals surface area contributed by atoms with Crippen molar-refractivity contribution in [1.29, 1.82) is 0 Å². The van der Waals surface area contributed by atoms with E-state index in [1.807, 2.05) is 24.3 Å². The highest BCUT2D eigenvalue weighted by Crippen LogP contribution is 2.41. The van der Waals surface area contributed by atoms with Crippen molar-refractivity contribution in [3.8, 4) is 43.4 Å². The number of fused-ring (bicyclic) bond motifs is 2. The number of rotatable bonds is 4. The molecule has 39 heavy (non-hydrogen) atoms. The molecule has 0 radical (unpaired) electrons. The van der Waals surface area contributed by atoms with Crippen LogP contribution in [0.5, 0.6) is 0 Å². The van der Waals surface area contributed by atoms with Crippen molar-refractivity contribution in [2.45, 2.75) is 13.8 Å². The van der Waals surface area contributed by atoms with Gasteiger partial charge in [0.2, 0.25) is 0 Å². The minimum absolute atomic E-state index is 0.803. The summed E-state index contributed by atoms with van der Waals surface area (Å²) in [6.07, 6.45) is 7.11. The minimum atomic E-state index is 0.803. The second-order valence-electron chi connectivity index (χ2n) is 9.39. The third kappa shape index (κ3) is 3.95. The predicted molar refractivity (Wildman–Crippen MR) is 157 cm³/mol. The molecule has 0 bridgehead atoms. The molecule has 7 rings (SSSR count). The Labute approximate surface area is 229 Å². The Morgan fingerprint density at radius 2 is 0.974 bits per heavy atom. The van der Waals surface area contributed by atoms with Crippen LogP contribution in [0, 0.1) is 13.8 Å². The maximum atomic E-state index is 4.59. The molecule has 0 fully saturated rings. The number of hydrogen-bond donors (Lipinski definition) is 0. The van der Waals surface area contributed by atoms with E-state index in [-0.39, 0.29) is 0 Å². The quantitative estimate of drug-likeness (QED) is 0.236. The van der Waals surface area contributed by atoms with E-state index in [9.17, 15) is 0 Å². The third-order valence-electron chi connectivity index (χ3n) is 7.15. The van der Waals surface area contributed by atoms with Crippen molar-refractivity contribution in [3.63, 3.8) is 0 Å². The first-order chi connectivity index (χ1) is 19.2. The largest absolute Gasteiger partial charge is 0.254 e. The van der Waals surface area contributed by atoms with E-state index >= 15 is 0 Å². The van der Waals surface area contributed by atoms with Gasteiger partial charge in [-0.05, 0) is 72.5 Å². The number of hydrogen-bond acceptors (Lipinski definition) is 7. The lowest BCUT2D eigenvalue weighted by atomic mass is 9.97. The molecule has 0 unspecified atom stereocenters. The van der Waals surface area contributed by atoms with Gasteiger partial charge in [-0.25, -0.2) is 0 Å². The lowest BCUT2D eigenvalue weighted by molar-refractivity contribution is 1.05. The van der Waals surface area contributed by atoms with E-state index < -0.39 is 0 Å². The van der Waals surface area contributed by atoms with E-state index in [2.05, 4.69) is 92.7 Å². The highest BCUT2D eigenvalue weighted by Gasteiger charge is 2.17. The van der Waals surface area contributed by atoms with E-state index in [0.29, 0.717) is 0 Å². The van der Waals surface area contributed by atoms with Crippen molar-refractivity contribution in [1.82, 2.24) is 30.4 Å². The van der Waals surface area contributed by atoms with Gasteiger partial charge in [-0.2, -0.15) is 10.2 Å². The van der Waals surface area contributed by atoms with Crippen LogP contribution in [0.1, 0.15) is 11.1 Å². The molecule has 0 aliphatic rings. The van der Waals surface area contributed by atoms with E-state index in [1.165, 1.54) is 20.9 Å². The zero-order chi connectivity index (χ0) is 26.3. The molecule has 2 aromatic carbocycles. The van der Waals surface area contributed by atoms with Crippen LogP contribution >= 0.6 is 11.3 Å². The van der Waals surface area contributed by atoms with E-state index in [0.717, 1.165) is 55.4 Å². The first kappa shape index (κ1) is 23.3. The molecule has 0 aliphatic carbocycles. The predicted octanol–water partition coefficient (Wildman–Crippen LogP) is 7.71. The Kier molecular flexibility index (Phi) is 5.64. The zero-order valence-corrected chi connectivity index (χ0v) is 22.1. The second-order valence-corrected chi connectivity index (χ2v) is 10.5. The number of thiophene rings is 1. The van der Waals surface area contributed by atoms with Crippen LogP contribution in [0.4, 0.5) is 0 Å². The van der Waals surface area contributed by atoms with Gasteiger partial charge in [0.15, 0.2) is 0 Å². The number of pyridine rings is 2. The van der Waals surface area contributed by atoms with Crippen LogP contribution in [0.2, 0.25) is 0 Å². The summed E-state index contributed by atoms with van der Waals surface area (Å²) in [6, 6.07) is 25.0. The molecular formula is C32H22N6S. The summed E-state index contributed by atoms with van der Waals surface area (Å²) in [5.74, 6) is 0. The summed E-state index contributed by atoms with van der Waals surface area (Å²) >= 11 is 1.78. The summed E-state index contributed by atoms with van der Waals surface area (Å²) in [5, 5.41) is 19.4. The van der Waals surface area contributed by atoms with Crippen molar-refractivity contribution in [2.24, 2.45) is 0 Å². The first-order valence-corrected chi connectivity index (χ1v) is 13.4. The molecule has 0 spiro atoms. The summed E-state index contributed by atoms with van der Waals surface area (Å²) in [7, 11) is 0. The summed E-state index contributed by atoms with van der Waals surface area (Å²) in [6.45, 7) is 4.29. The van der Waals surface area contributed by atoms with Crippen LogP contribution in [0.25, 0.3) is 65.2 Å². The second kappa shape index (κ2) is 9.45. The topological polar surface area (TPSA) is 77.3 Å². The highest BCUT2D eigenvalue weighted by molar-refractivity contribution is 7.18. The van der Waals surface area contributed by atoms with Gasteiger partial charge in [-0.3, -0.25) is 9.97 Å². The highest BCUT2D eigenvalue weighted by atomic mass is 32.1. The molecule has 5 aromatic heterocycles. The van der Waals surface area contributed by atoms with Gasteiger partial charge in [0.25, 0.3) is 0 Å². The molecule has 0 saturated carbocycles. The lowest BCUT2D eigenvalue weighted by Crippen LogP contribution is -1.95. The number of benzene rings is 2. The molecular weight excluding hydrogens is 500 g/mol. The smallest absolute Gasteiger partial charge is 0.119 e. The van der Waals surface area contributed by atoms with Gasteiger partial charge < -0.3 is 0 Å². The van der Waals surface area contributed by atoms with Crippen molar-refractivity contribution < 1.29 is 0 Å². The van der Waals surface area contributed by atoms with Crippen molar-refractivity contribution in [3.05, 3.63) is 109 Å². The normalized spacial score (nSPS) is 11.3. The Morgan fingerprint density at radius 3 is 1.46 bits per heavy atom. The number of aromatic nitrogens is 6. The fourth-order valence-corrected chi connectivity index (χ4v) is 6.31. The zero-order valence-electron chi connectivity index (χ0n) is 21.3. The molecule has 0 N–H and O–H groups in total. The van der Waals surface area contributed by atoms with E-state index in [1.54, 1.807) is 36.1 Å². The Bertz CT molecular complexity index is 1860. The van der Waals surface area contributed by atoms with Gasteiger partial charge in [0, 0.05) is 44.0 Å². The summed E-state index contributed by atoms with van der Waals surface area (Å²) in [4.78, 5) is 11.6. The maximum Gasteiger partial charge on any atom is 0.119 e. The Morgan fingerprint density at radius 1 is 0.513 bits per heavy atom. The fraction of sp³-hybridized carbons (Fsp3) is 0.0625. The fourth-order valence-electron chi connectivity index (χ4n) is 5.14. The molecule has 0 amide bonds. The Hall–Kier alpha value is -4.88. The third-order valence-corrected chi connectivity index (χ3v) is 8.30. The molecule has 5 heterocycles. The van der Waals surface area contributed by atoms with Crippen LogP contribution in [0.3, 0.4) is 0 Å². The molecule has 186 valence electrons.